The van der Waals surface area contributed by atoms with Gasteiger partial charge in [0.05, 0.1) is 0 Å². The van der Waals surface area contributed by atoms with Gasteiger partial charge in [0.1, 0.15) is 35.4 Å². The molecule has 27 heavy (non-hydrogen) atoms. The van der Waals surface area contributed by atoms with Gasteiger partial charge in [0, 0.05) is 20.9 Å². The van der Waals surface area contributed by atoms with Gasteiger partial charge in [0.2, 0.25) is 11.1 Å². The highest BCUT2D eigenvalue weighted by molar-refractivity contribution is 5.72. The van der Waals surface area contributed by atoms with Gasteiger partial charge in [-0.15, -0.1) is 10.2 Å². The zero-order chi connectivity index (χ0) is 19.2. The minimum absolute atomic E-state index is 0.0266. The maximum Gasteiger partial charge on any atom is 0.248 e. The monoisotopic (exact) mass is 348 g/mol. The van der Waals surface area contributed by atoms with E-state index in [9.17, 15) is 0 Å². The van der Waals surface area contributed by atoms with E-state index < -0.39 is 0 Å². The second-order valence-corrected chi connectivity index (χ2v) is 5.26. The highest BCUT2D eigenvalue weighted by atomic mass is 16.4. The molecule has 0 aliphatic heterocycles. The zero-order valence-corrected chi connectivity index (χ0v) is 13.7. The molecular weight excluding hydrogens is 340 g/mol. The molecule has 124 valence electrons. The molecule has 0 amide bonds. The summed E-state index contributed by atoms with van der Waals surface area (Å²) in [7, 11) is 0. The average molecular weight is 348 g/mol. The third kappa shape index (κ3) is 3.39. The van der Waals surface area contributed by atoms with Crippen molar-refractivity contribution >= 4 is 11.1 Å². The number of hydrogen-bond acceptors (Lipinski definition) is 7. The lowest BCUT2D eigenvalue weighted by molar-refractivity contribution is 0.492. The molecule has 0 fully saturated rings. The topological polar surface area (TPSA) is 134 Å². The van der Waals surface area contributed by atoms with Crippen LogP contribution < -0.4 is 10.4 Å². The maximum atomic E-state index is 8.89. The fraction of sp³-hybridized carbons (Fsp3) is 0. The number of nitrogens with zero attached hydrogens (tertiary/aromatic N) is 6. The molecule has 0 atom stereocenters. The first-order chi connectivity index (χ1) is 13.2. The molecule has 0 N–H and O–H groups in total. The quantitative estimate of drug-likeness (QED) is 0.592. The van der Waals surface area contributed by atoms with Crippen molar-refractivity contribution in [2.75, 3.05) is 0 Å². The Labute approximate surface area is 152 Å². The van der Waals surface area contributed by atoms with E-state index in [-0.39, 0.29) is 22.2 Å². The van der Waals surface area contributed by atoms with Crippen molar-refractivity contribution < 1.29 is 4.42 Å². The van der Waals surface area contributed by atoms with Gasteiger partial charge in [-0.25, -0.2) is 0 Å². The summed E-state index contributed by atoms with van der Waals surface area (Å²) < 4.78 is 5.67. The van der Waals surface area contributed by atoms with Crippen LogP contribution in [0, 0.1) is 66.9 Å². The lowest BCUT2D eigenvalue weighted by Gasteiger charge is -1.87. The van der Waals surface area contributed by atoms with E-state index in [4.69, 9.17) is 25.5 Å². The molecular formula is C20H8N6O. The summed E-state index contributed by atoms with van der Waals surface area (Å²) in [6.45, 7) is 0. The van der Waals surface area contributed by atoms with Gasteiger partial charge in [-0.3, -0.25) is 0 Å². The molecule has 0 bridgehead atoms. The van der Waals surface area contributed by atoms with Gasteiger partial charge in [-0.1, -0.05) is 24.3 Å². The lowest BCUT2D eigenvalue weighted by atomic mass is 10.2. The van der Waals surface area contributed by atoms with Crippen LogP contribution in [-0.4, -0.2) is 10.2 Å². The molecule has 0 saturated carbocycles. The molecule has 0 saturated heterocycles. The number of rotatable bonds is 0. The molecule has 0 unspecified atom stereocenters. The minimum Gasteiger partial charge on any atom is -0.416 e. The van der Waals surface area contributed by atoms with E-state index in [2.05, 4.69) is 10.2 Å². The number of benzene rings is 2. The van der Waals surface area contributed by atoms with Crippen molar-refractivity contribution in [2.45, 2.75) is 0 Å². The van der Waals surface area contributed by atoms with Crippen LogP contribution in [-0.2, 0) is 0 Å². The Morgan fingerprint density at radius 3 is 1.22 bits per heavy atom. The zero-order valence-electron chi connectivity index (χ0n) is 13.7. The van der Waals surface area contributed by atoms with Crippen LogP contribution in [0.2, 0.25) is 0 Å². The summed E-state index contributed by atoms with van der Waals surface area (Å²) in [4.78, 5) is 0. The summed E-state index contributed by atoms with van der Waals surface area (Å²) >= 11 is 0. The fourth-order valence-corrected chi connectivity index (χ4v) is 2.32. The summed E-state index contributed by atoms with van der Waals surface area (Å²) in [6.07, 6.45) is 0. The fourth-order valence-electron chi connectivity index (χ4n) is 2.32. The van der Waals surface area contributed by atoms with E-state index >= 15 is 0 Å². The lowest BCUT2D eigenvalue weighted by Crippen LogP contribution is -2.02. The van der Waals surface area contributed by atoms with Crippen LogP contribution in [0.3, 0.4) is 0 Å². The number of aromatic nitrogens is 2. The van der Waals surface area contributed by atoms with E-state index in [1.165, 1.54) is 0 Å². The summed E-state index contributed by atoms with van der Waals surface area (Å²) in [5.74, 6) is 0. The Bertz CT molecular complexity index is 1330. The van der Waals surface area contributed by atoms with Crippen LogP contribution in [0.4, 0.5) is 0 Å². The van der Waals surface area contributed by atoms with Gasteiger partial charge in [0.25, 0.3) is 0 Å². The van der Waals surface area contributed by atoms with Gasteiger partial charge < -0.3 is 4.42 Å². The molecule has 0 aliphatic carbocycles. The predicted octanol–water partition coefficient (Wildman–Crippen LogP) is 1.04. The van der Waals surface area contributed by atoms with Crippen molar-refractivity contribution in [1.82, 2.24) is 10.2 Å². The van der Waals surface area contributed by atoms with Crippen LogP contribution in [0.25, 0.3) is 11.1 Å². The predicted molar refractivity (Wildman–Crippen MR) is 91.0 cm³/mol. The highest BCUT2D eigenvalue weighted by Gasteiger charge is 1.97. The van der Waals surface area contributed by atoms with Crippen molar-refractivity contribution in [3.63, 3.8) is 0 Å². The van der Waals surface area contributed by atoms with Crippen molar-refractivity contribution in [1.29, 1.82) is 21.0 Å². The van der Waals surface area contributed by atoms with Crippen LogP contribution in [0.1, 0.15) is 0 Å². The molecule has 0 radical (unpaired) electrons. The Morgan fingerprint density at radius 1 is 0.593 bits per heavy atom. The highest BCUT2D eigenvalue weighted by Crippen LogP contribution is 1.97. The molecule has 3 aromatic rings. The van der Waals surface area contributed by atoms with Gasteiger partial charge in [-0.05, 0) is 24.3 Å². The van der Waals surface area contributed by atoms with E-state index in [0.717, 1.165) is 0 Å². The van der Waals surface area contributed by atoms with Crippen LogP contribution in [0.5, 0.6) is 0 Å². The van der Waals surface area contributed by atoms with Crippen molar-refractivity contribution in [3.05, 3.63) is 80.5 Å². The van der Waals surface area contributed by atoms with Gasteiger partial charge >= 0.3 is 0 Å². The largest absolute Gasteiger partial charge is 0.416 e. The molecule has 1 aromatic heterocycles. The summed E-state index contributed by atoms with van der Waals surface area (Å²) in [6, 6.07) is 20.6. The normalized spacial score (nSPS) is 9.33. The van der Waals surface area contributed by atoms with E-state index in [0.29, 0.717) is 20.9 Å². The Morgan fingerprint density at radius 2 is 0.926 bits per heavy atom. The number of nitriles is 4. The molecule has 0 aliphatic rings. The first-order valence-corrected chi connectivity index (χ1v) is 7.59. The number of hydrogen-bond donors (Lipinski definition) is 0. The molecule has 1 heterocycles. The Kier molecular flexibility index (Phi) is 4.72. The molecule has 7 nitrogen and oxygen atoms in total. The van der Waals surface area contributed by atoms with Crippen molar-refractivity contribution in [3.8, 4) is 24.3 Å². The summed E-state index contributed by atoms with van der Waals surface area (Å²) in [5.41, 5.74) is 0.632. The Balaban J connectivity index is 2.22. The second-order valence-electron chi connectivity index (χ2n) is 5.26. The average Bonchev–Trinajstić information content (AvgIpc) is 3.21. The third-order valence-corrected chi connectivity index (χ3v) is 3.71. The second kappa shape index (κ2) is 7.45. The third-order valence-electron chi connectivity index (χ3n) is 3.71. The first-order valence-electron chi connectivity index (χ1n) is 7.59. The van der Waals surface area contributed by atoms with Crippen molar-refractivity contribution in [2.24, 2.45) is 0 Å². The van der Waals surface area contributed by atoms with E-state index in [1.807, 2.05) is 24.3 Å². The van der Waals surface area contributed by atoms with Gasteiger partial charge in [0.15, 0.2) is 0 Å². The van der Waals surface area contributed by atoms with E-state index in [1.54, 1.807) is 48.5 Å². The molecule has 7 heteroatoms. The first kappa shape index (κ1) is 17.1. The molecule has 2 aromatic carbocycles. The smallest absolute Gasteiger partial charge is 0.248 e. The van der Waals surface area contributed by atoms with Crippen LogP contribution >= 0.6 is 0 Å². The minimum atomic E-state index is 0.0266. The SMILES string of the molecule is N#CC(C#N)=c1ccc(=c2nnc(=c3ccc(=C(C#N)C#N)cc3)o2)cc1. The van der Waals surface area contributed by atoms with Crippen LogP contribution in [0.15, 0.2) is 52.9 Å². The molecule has 0 spiro atoms. The Hall–Kier alpha value is -4.72. The molecule has 3 rings (SSSR count). The standard InChI is InChI=1S/C20H8N6O/c21-9-17(10-22)13-1-5-15(6-2-13)19-25-26-20(27-19)16-7-3-14(4-8-16)18(11-23)12-24/h1-8H. The summed E-state index contributed by atoms with van der Waals surface area (Å²) in [5, 5.41) is 45.9. The van der Waals surface area contributed by atoms with Gasteiger partial charge in [-0.2, -0.15) is 21.0 Å². The maximum absolute atomic E-state index is 8.89.